The Hall–Kier alpha value is -1.89. The molecule has 1 amide bonds. The molecule has 0 aromatic carbocycles. The van der Waals surface area contributed by atoms with E-state index in [0.29, 0.717) is 32.1 Å². The second kappa shape index (κ2) is 7.34. The average molecular weight is 336 g/mol. The minimum absolute atomic E-state index is 0.0507. The number of carbonyl (C=O) groups excluding carboxylic acids is 1. The maximum absolute atomic E-state index is 12.3. The van der Waals surface area contributed by atoms with Gasteiger partial charge in [-0.15, -0.1) is 0 Å². The number of anilines is 1. The van der Waals surface area contributed by atoms with Crippen LogP contribution in [0.3, 0.4) is 0 Å². The molecule has 0 unspecified atom stereocenters. The second-order valence-electron chi connectivity index (χ2n) is 7.19. The first-order valence-electron chi connectivity index (χ1n) is 8.27. The van der Waals surface area contributed by atoms with Crippen LogP contribution >= 0.6 is 0 Å². The molecule has 0 bridgehead atoms. The molecule has 134 valence electrons. The predicted molar refractivity (Wildman–Crippen MR) is 92.1 cm³/mol. The van der Waals surface area contributed by atoms with Gasteiger partial charge in [-0.1, -0.05) is 0 Å². The molecule has 0 N–H and O–H groups in total. The molecule has 0 spiro atoms. The van der Waals surface area contributed by atoms with Gasteiger partial charge >= 0.3 is 6.09 Å². The van der Waals surface area contributed by atoms with Crippen molar-refractivity contribution in [2.45, 2.75) is 52.9 Å². The topological polar surface area (TPSA) is 67.8 Å². The van der Waals surface area contributed by atoms with Gasteiger partial charge in [-0.2, -0.15) is 0 Å². The second-order valence-corrected chi connectivity index (χ2v) is 7.19. The van der Waals surface area contributed by atoms with E-state index in [1.54, 1.807) is 12.0 Å². The van der Waals surface area contributed by atoms with Crippen LogP contribution in [0, 0.1) is 6.92 Å². The summed E-state index contributed by atoms with van der Waals surface area (Å²) in [4.78, 5) is 25.2. The number of amides is 1. The minimum Gasteiger partial charge on any atom is -0.444 e. The van der Waals surface area contributed by atoms with Crippen LogP contribution in [-0.2, 0) is 16.1 Å². The van der Waals surface area contributed by atoms with E-state index in [1.807, 2.05) is 40.7 Å². The number of carbonyl (C=O) groups is 1. The highest BCUT2D eigenvalue weighted by Gasteiger charge is 2.31. The van der Waals surface area contributed by atoms with Crippen LogP contribution in [0.5, 0.6) is 0 Å². The van der Waals surface area contributed by atoms with Gasteiger partial charge in [0.05, 0.1) is 0 Å². The Kier molecular flexibility index (Phi) is 5.64. The van der Waals surface area contributed by atoms with Crippen molar-refractivity contribution in [3.8, 4) is 0 Å². The van der Waals surface area contributed by atoms with Gasteiger partial charge in [0, 0.05) is 44.5 Å². The Morgan fingerprint density at radius 2 is 2.04 bits per heavy atom. The fraction of sp³-hybridized carbons (Fsp3) is 0.706. The smallest absolute Gasteiger partial charge is 0.410 e. The highest BCUT2D eigenvalue weighted by Crippen LogP contribution is 2.20. The lowest BCUT2D eigenvalue weighted by molar-refractivity contribution is 0.0158. The van der Waals surface area contributed by atoms with Crippen LogP contribution in [0.2, 0.25) is 0 Å². The van der Waals surface area contributed by atoms with Gasteiger partial charge < -0.3 is 19.3 Å². The van der Waals surface area contributed by atoms with Crippen LogP contribution in [0.15, 0.2) is 6.07 Å². The molecule has 1 saturated heterocycles. The number of methoxy groups -OCH3 is 1. The molecule has 2 rings (SSSR count). The number of piperazine rings is 1. The van der Waals surface area contributed by atoms with Crippen LogP contribution in [-0.4, -0.2) is 59.3 Å². The van der Waals surface area contributed by atoms with E-state index in [0.717, 1.165) is 11.5 Å². The molecule has 7 heteroatoms. The lowest BCUT2D eigenvalue weighted by Crippen LogP contribution is -2.55. The van der Waals surface area contributed by atoms with Crippen LogP contribution in [0.4, 0.5) is 10.6 Å². The summed E-state index contributed by atoms with van der Waals surface area (Å²) in [5.74, 6) is 1.56. The van der Waals surface area contributed by atoms with Crippen molar-refractivity contribution in [3.05, 3.63) is 17.6 Å². The Morgan fingerprint density at radius 1 is 1.33 bits per heavy atom. The van der Waals surface area contributed by atoms with E-state index in [4.69, 9.17) is 9.47 Å². The first-order valence-corrected chi connectivity index (χ1v) is 8.27. The molecule has 0 aliphatic carbocycles. The largest absolute Gasteiger partial charge is 0.444 e. The van der Waals surface area contributed by atoms with Crippen molar-refractivity contribution < 1.29 is 14.3 Å². The molecular weight excluding hydrogens is 308 g/mol. The number of nitrogens with zero attached hydrogens (tertiary/aromatic N) is 4. The predicted octanol–water partition coefficient (Wildman–Crippen LogP) is 2.38. The molecule has 1 aromatic heterocycles. The Bertz CT molecular complexity index is 586. The van der Waals surface area contributed by atoms with Crippen LogP contribution < -0.4 is 4.90 Å². The van der Waals surface area contributed by atoms with Crippen molar-refractivity contribution >= 4 is 11.9 Å². The molecule has 1 atom stereocenters. The maximum atomic E-state index is 12.3. The third kappa shape index (κ3) is 4.80. The number of aromatic nitrogens is 2. The van der Waals surface area contributed by atoms with Crippen molar-refractivity contribution in [2.24, 2.45) is 0 Å². The highest BCUT2D eigenvalue weighted by atomic mass is 16.6. The molecule has 0 saturated carbocycles. The quantitative estimate of drug-likeness (QED) is 0.844. The molecule has 2 heterocycles. The van der Waals surface area contributed by atoms with Crippen molar-refractivity contribution in [2.75, 3.05) is 31.6 Å². The fourth-order valence-electron chi connectivity index (χ4n) is 2.73. The maximum Gasteiger partial charge on any atom is 0.410 e. The zero-order valence-electron chi connectivity index (χ0n) is 15.5. The molecule has 1 aliphatic rings. The molecular formula is C17H28N4O3. The van der Waals surface area contributed by atoms with E-state index in [1.165, 1.54) is 0 Å². The normalized spacial score (nSPS) is 18.7. The van der Waals surface area contributed by atoms with Crippen molar-refractivity contribution in [1.82, 2.24) is 14.9 Å². The van der Waals surface area contributed by atoms with Crippen molar-refractivity contribution in [3.63, 3.8) is 0 Å². The summed E-state index contributed by atoms with van der Waals surface area (Å²) in [5, 5.41) is 0. The summed E-state index contributed by atoms with van der Waals surface area (Å²) in [6.45, 7) is 12.0. The number of aryl methyl sites for hydroxylation is 1. The number of hydrogen-bond acceptors (Lipinski definition) is 6. The minimum atomic E-state index is -0.479. The van der Waals surface area contributed by atoms with E-state index >= 15 is 0 Å². The van der Waals surface area contributed by atoms with Crippen LogP contribution in [0.1, 0.15) is 39.2 Å². The van der Waals surface area contributed by atoms with Gasteiger partial charge in [-0.3, -0.25) is 0 Å². The van der Waals surface area contributed by atoms with Crippen LogP contribution in [0.25, 0.3) is 0 Å². The Labute approximate surface area is 144 Å². The Morgan fingerprint density at radius 3 is 2.62 bits per heavy atom. The van der Waals surface area contributed by atoms with E-state index < -0.39 is 5.60 Å². The summed E-state index contributed by atoms with van der Waals surface area (Å²) in [7, 11) is 1.63. The first-order chi connectivity index (χ1) is 11.2. The van der Waals surface area contributed by atoms with E-state index in [2.05, 4.69) is 14.9 Å². The number of ether oxygens (including phenoxy) is 2. The monoisotopic (exact) mass is 336 g/mol. The first kappa shape index (κ1) is 18.4. The van der Waals surface area contributed by atoms with Crippen molar-refractivity contribution in [1.29, 1.82) is 0 Å². The third-order valence-corrected chi connectivity index (χ3v) is 3.74. The summed E-state index contributed by atoms with van der Waals surface area (Å²) >= 11 is 0. The SMILES string of the molecule is COCc1nc(C)cc(N2CCN(C(=O)OC(C)(C)C)[C@H](C)C2)n1. The molecule has 0 radical (unpaired) electrons. The average Bonchev–Trinajstić information content (AvgIpc) is 2.44. The standard InChI is InChI=1S/C17H28N4O3/c1-12-9-15(19-14(18-12)11-23-6)20-7-8-21(13(2)10-20)16(22)24-17(3,4)5/h9,13H,7-8,10-11H2,1-6H3/t13-/m1/s1. The van der Waals surface area contributed by atoms with Gasteiger partial charge in [0.15, 0.2) is 5.82 Å². The molecule has 7 nitrogen and oxygen atoms in total. The molecule has 24 heavy (non-hydrogen) atoms. The number of hydrogen-bond donors (Lipinski definition) is 0. The summed E-state index contributed by atoms with van der Waals surface area (Å²) in [5.41, 5.74) is 0.432. The summed E-state index contributed by atoms with van der Waals surface area (Å²) < 4.78 is 10.6. The van der Waals surface area contributed by atoms with Gasteiger partial charge in [-0.25, -0.2) is 14.8 Å². The van der Waals surface area contributed by atoms with E-state index in [-0.39, 0.29) is 12.1 Å². The molecule has 1 aliphatic heterocycles. The van der Waals surface area contributed by atoms with Gasteiger partial charge in [0.2, 0.25) is 0 Å². The number of rotatable bonds is 3. The van der Waals surface area contributed by atoms with Gasteiger partial charge in [0.25, 0.3) is 0 Å². The fourth-order valence-corrected chi connectivity index (χ4v) is 2.73. The zero-order valence-corrected chi connectivity index (χ0v) is 15.5. The molecule has 1 fully saturated rings. The van der Waals surface area contributed by atoms with E-state index in [9.17, 15) is 4.79 Å². The van der Waals surface area contributed by atoms with Gasteiger partial charge in [0.1, 0.15) is 18.0 Å². The highest BCUT2D eigenvalue weighted by molar-refractivity contribution is 5.69. The summed E-state index contributed by atoms with van der Waals surface area (Å²) in [6.07, 6.45) is -0.256. The Balaban J connectivity index is 2.06. The lowest BCUT2D eigenvalue weighted by atomic mass is 10.2. The summed E-state index contributed by atoms with van der Waals surface area (Å²) in [6, 6.07) is 2.02. The third-order valence-electron chi connectivity index (χ3n) is 3.74. The lowest BCUT2D eigenvalue weighted by Gasteiger charge is -2.40. The zero-order chi connectivity index (χ0) is 17.9. The van der Waals surface area contributed by atoms with Gasteiger partial charge in [-0.05, 0) is 34.6 Å². The molecule has 1 aromatic rings.